The predicted octanol–water partition coefficient (Wildman–Crippen LogP) is 3.00. The molecule has 0 aliphatic carbocycles. The highest BCUT2D eigenvalue weighted by Gasteiger charge is 2.24. The fraction of sp³-hybridized carbons (Fsp3) is 0.632. The van der Waals surface area contributed by atoms with Gasteiger partial charge in [-0.2, -0.15) is 0 Å². The van der Waals surface area contributed by atoms with E-state index in [1.807, 2.05) is 39.0 Å². The molecule has 2 atom stereocenters. The average Bonchev–Trinajstić information content (AvgIpc) is 2.52. The number of rotatable bonds is 8. The van der Waals surface area contributed by atoms with E-state index in [0.717, 1.165) is 13.1 Å². The molecule has 5 nitrogen and oxygen atoms in total. The Morgan fingerprint density at radius 1 is 1.29 bits per heavy atom. The normalized spacial score (nSPS) is 14.3. The summed E-state index contributed by atoms with van der Waals surface area (Å²) in [6, 6.07) is 10.6. The lowest BCUT2D eigenvalue weighted by atomic mass is 9.99. The number of nitrogens with two attached hydrogens (primary N) is 1. The summed E-state index contributed by atoms with van der Waals surface area (Å²) in [6.45, 7) is 12.7. The summed E-state index contributed by atoms with van der Waals surface area (Å²) in [5, 5.41) is 2.85. The standard InChI is InChI=1S/C19H33N3O2/c1-6-22(14-16-10-8-7-9-11-16)17(12-20)15(2)13-21-18(23)24-19(3,4)5/h7-11,15,17H,6,12-14,20H2,1-5H3,(H,21,23). The average molecular weight is 335 g/mol. The first-order valence-electron chi connectivity index (χ1n) is 8.71. The molecular weight excluding hydrogens is 302 g/mol. The number of amides is 1. The number of nitrogens with one attached hydrogen (secondary N) is 1. The van der Waals surface area contributed by atoms with Crippen LogP contribution in [-0.4, -0.2) is 42.3 Å². The van der Waals surface area contributed by atoms with Crippen LogP contribution < -0.4 is 11.1 Å². The molecule has 0 aromatic heterocycles. The Kier molecular flexibility index (Phi) is 8.22. The van der Waals surface area contributed by atoms with Crippen LogP contribution in [0.2, 0.25) is 0 Å². The zero-order chi connectivity index (χ0) is 18.2. The van der Waals surface area contributed by atoms with Crippen LogP contribution in [0.15, 0.2) is 30.3 Å². The van der Waals surface area contributed by atoms with Gasteiger partial charge in [0.25, 0.3) is 0 Å². The third-order valence-electron chi connectivity index (χ3n) is 3.97. The van der Waals surface area contributed by atoms with Crippen LogP contribution in [-0.2, 0) is 11.3 Å². The van der Waals surface area contributed by atoms with Gasteiger partial charge in [-0.05, 0) is 38.8 Å². The maximum Gasteiger partial charge on any atom is 0.407 e. The summed E-state index contributed by atoms with van der Waals surface area (Å²) in [6.07, 6.45) is -0.378. The molecule has 1 aromatic carbocycles. The highest BCUT2D eigenvalue weighted by atomic mass is 16.6. The maximum atomic E-state index is 11.8. The Morgan fingerprint density at radius 2 is 1.92 bits per heavy atom. The molecule has 0 aliphatic rings. The van der Waals surface area contributed by atoms with Crippen LogP contribution in [0.25, 0.3) is 0 Å². The van der Waals surface area contributed by atoms with Crippen molar-refractivity contribution in [3.63, 3.8) is 0 Å². The van der Waals surface area contributed by atoms with Gasteiger partial charge in [-0.3, -0.25) is 4.90 Å². The van der Waals surface area contributed by atoms with Crippen molar-refractivity contribution >= 4 is 6.09 Å². The molecule has 24 heavy (non-hydrogen) atoms. The second-order valence-corrected chi connectivity index (χ2v) is 7.21. The number of hydrogen-bond acceptors (Lipinski definition) is 4. The van der Waals surface area contributed by atoms with E-state index in [1.165, 1.54) is 5.56 Å². The van der Waals surface area contributed by atoms with Crippen molar-refractivity contribution in [1.82, 2.24) is 10.2 Å². The minimum absolute atomic E-state index is 0.199. The summed E-state index contributed by atoms with van der Waals surface area (Å²) >= 11 is 0. The van der Waals surface area contributed by atoms with Crippen LogP contribution in [0.3, 0.4) is 0 Å². The minimum atomic E-state index is -0.483. The van der Waals surface area contributed by atoms with Crippen molar-refractivity contribution in [3.8, 4) is 0 Å². The number of carbonyl (C=O) groups excluding carboxylic acids is 1. The van der Waals surface area contributed by atoms with Crippen LogP contribution in [0.5, 0.6) is 0 Å². The van der Waals surface area contributed by atoms with Gasteiger partial charge in [-0.1, -0.05) is 44.2 Å². The monoisotopic (exact) mass is 335 g/mol. The summed E-state index contributed by atoms with van der Waals surface area (Å²) in [5.74, 6) is 0.228. The molecule has 5 heteroatoms. The fourth-order valence-electron chi connectivity index (χ4n) is 2.72. The Bertz CT molecular complexity index is 485. The molecule has 1 amide bonds. The van der Waals surface area contributed by atoms with E-state index in [1.54, 1.807) is 0 Å². The lowest BCUT2D eigenvalue weighted by Gasteiger charge is -2.34. The summed E-state index contributed by atoms with van der Waals surface area (Å²) in [4.78, 5) is 14.2. The van der Waals surface area contributed by atoms with Gasteiger partial charge in [0, 0.05) is 25.7 Å². The molecule has 136 valence electrons. The lowest BCUT2D eigenvalue weighted by molar-refractivity contribution is 0.0505. The third kappa shape index (κ3) is 7.32. The van der Waals surface area contributed by atoms with E-state index in [0.29, 0.717) is 13.1 Å². The first-order chi connectivity index (χ1) is 11.3. The van der Waals surface area contributed by atoms with Crippen molar-refractivity contribution in [1.29, 1.82) is 0 Å². The number of hydrogen-bond donors (Lipinski definition) is 2. The molecule has 0 bridgehead atoms. The molecule has 0 spiro atoms. The van der Waals surface area contributed by atoms with E-state index in [9.17, 15) is 4.79 Å². The molecule has 0 saturated carbocycles. The van der Waals surface area contributed by atoms with Gasteiger partial charge in [0.2, 0.25) is 0 Å². The molecule has 1 aromatic rings. The highest BCUT2D eigenvalue weighted by Crippen LogP contribution is 2.14. The number of carbonyl (C=O) groups is 1. The number of ether oxygens (including phenoxy) is 1. The van der Waals surface area contributed by atoms with E-state index in [4.69, 9.17) is 10.5 Å². The smallest absolute Gasteiger partial charge is 0.407 e. The second-order valence-electron chi connectivity index (χ2n) is 7.21. The quantitative estimate of drug-likeness (QED) is 0.766. The number of alkyl carbamates (subject to hydrolysis) is 1. The largest absolute Gasteiger partial charge is 0.444 e. The van der Waals surface area contributed by atoms with Crippen LogP contribution in [0.1, 0.15) is 40.2 Å². The van der Waals surface area contributed by atoms with Crippen molar-refractivity contribution in [2.75, 3.05) is 19.6 Å². The summed E-state index contributed by atoms with van der Waals surface area (Å²) in [5.41, 5.74) is 6.81. The SMILES string of the molecule is CCN(Cc1ccccc1)C(CN)C(C)CNC(=O)OC(C)(C)C. The molecule has 0 aliphatic heterocycles. The van der Waals surface area contributed by atoms with Crippen molar-refractivity contribution < 1.29 is 9.53 Å². The maximum absolute atomic E-state index is 11.8. The fourth-order valence-corrected chi connectivity index (χ4v) is 2.72. The topological polar surface area (TPSA) is 67.6 Å². The van der Waals surface area contributed by atoms with E-state index < -0.39 is 5.60 Å². The van der Waals surface area contributed by atoms with Gasteiger partial charge in [0.1, 0.15) is 5.60 Å². The minimum Gasteiger partial charge on any atom is -0.444 e. The first kappa shape index (κ1) is 20.5. The molecule has 0 saturated heterocycles. The highest BCUT2D eigenvalue weighted by molar-refractivity contribution is 5.67. The summed E-state index contributed by atoms with van der Waals surface area (Å²) in [7, 11) is 0. The number of likely N-dealkylation sites (N-methyl/N-ethyl adjacent to an activating group) is 1. The number of benzene rings is 1. The first-order valence-corrected chi connectivity index (χ1v) is 8.71. The van der Waals surface area contributed by atoms with Gasteiger partial charge >= 0.3 is 6.09 Å². The van der Waals surface area contributed by atoms with Crippen molar-refractivity contribution in [2.24, 2.45) is 11.7 Å². The molecular formula is C19H33N3O2. The van der Waals surface area contributed by atoms with Crippen molar-refractivity contribution in [2.45, 2.75) is 52.8 Å². The van der Waals surface area contributed by atoms with Gasteiger partial charge in [0.15, 0.2) is 0 Å². The molecule has 0 fully saturated rings. The van der Waals surface area contributed by atoms with Gasteiger partial charge in [-0.25, -0.2) is 4.79 Å². The number of nitrogens with zero attached hydrogens (tertiary/aromatic N) is 1. The molecule has 0 radical (unpaired) electrons. The van der Waals surface area contributed by atoms with E-state index in [-0.39, 0.29) is 18.1 Å². The van der Waals surface area contributed by atoms with E-state index >= 15 is 0 Å². The predicted molar refractivity (Wildman–Crippen MR) is 98.8 cm³/mol. The zero-order valence-electron chi connectivity index (χ0n) is 15.7. The van der Waals surface area contributed by atoms with Crippen LogP contribution in [0, 0.1) is 5.92 Å². The Labute approximate surface area is 146 Å². The van der Waals surface area contributed by atoms with Gasteiger partial charge in [-0.15, -0.1) is 0 Å². The van der Waals surface area contributed by atoms with Gasteiger partial charge in [0.05, 0.1) is 0 Å². The zero-order valence-corrected chi connectivity index (χ0v) is 15.7. The van der Waals surface area contributed by atoms with Crippen molar-refractivity contribution in [3.05, 3.63) is 35.9 Å². The van der Waals surface area contributed by atoms with Crippen LogP contribution >= 0.6 is 0 Å². The van der Waals surface area contributed by atoms with E-state index in [2.05, 4.69) is 36.2 Å². The molecule has 0 heterocycles. The van der Waals surface area contributed by atoms with Gasteiger partial charge < -0.3 is 15.8 Å². The Morgan fingerprint density at radius 3 is 2.42 bits per heavy atom. The molecule has 3 N–H and O–H groups in total. The Balaban J connectivity index is 2.60. The third-order valence-corrected chi connectivity index (χ3v) is 3.97. The Hall–Kier alpha value is -1.59. The summed E-state index contributed by atoms with van der Waals surface area (Å²) < 4.78 is 5.29. The van der Waals surface area contributed by atoms with Crippen LogP contribution in [0.4, 0.5) is 4.79 Å². The molecule has 1 rings (SSSR count). The second kappa shape index (κ2) is 9.64. The lowest BCUT2D eigenvalue weighted by Crippen LogP contribution is -2.48. The molecule has 2 unspecified atom stereocenters.